The smallest absolute Gasteiger partial charge is 0.0211 e. The summed E-state index contributed by atoms with van der Waals surface area (Å²) in [5.74, 6) is 0. The average Bonchev–Trinajstić information content (AvgIpc) is 3.00. The van der Waals surface area contributed by atoms with Crippen molar-refractivity contribution in [2.75, 3.05) is 0 Å². The highest BCUT2D eigenvalue weighted by Crippen LogP contribution is 2.43. The molecule has 0 heterocycles. The standard InChI is InChI=1S/C23H21I/c1-3-15-12-13-22(24)23(17(15)4-2)20-11-7-10-19-18-9-6-5-8-16(18)14-21(19)20/h5-13H,3-4,14H2,1-2H3. The molecule has 0 nitrogen and oxygen atoms in total. The first-order valence-electron chi connectivity index (χ1n) is 8.75. The third-order valence-electron chi connectivity index (χ3n) is 5.21. The fraction of sp³-hybridized carbons (Fsp3) is 0.217. The molecule has 0 bridgehead atoms. The Bertz CT molecular complexity index is 921. The van der Waals surface area contributed by atoms with Crippen molar-refractivity contribution in [2.45, 2.75) is 33.1 Å². The predicted octanol–water partition coefficient (Wildman–Crippen LogP) is 6.65. The van der Waals surface area contributed by atoms with E-state index in [0.29, 0.717) is 0 Å². The van der Waals surface area contributed by atoms with Gasteiger partial charge in [-0.2, -0.15) is 0 Å². The van der Waals surface area contributed by atoms with Crippen molar-refractivity contribution in [3.05, 3.63) is 80.4 Å². The number of fused-ring (bicyclic) bond motifs is 3. The number of aryl methyl sites for hydroxylation is 1. The second kappa shape index (κ2) is 6.36. The second-order valence-electron chi connectivity index (χ2n) is 6.43. The first kappa shape index (κ1) is 15.9. The van der Waals surface area contributed by atoms with Crippen LogP contribution in [0.5, 0.6) is 0 Å². The summed E-state index contributed by atoms with van der Waals surface area (Å²) in [6.45, 7) is 4.54. The van der Waals surface area contributed by atoms with Gasteiger partial charge >= 0.3 is 0 Å². The van der Waals surface area contributed by atoms with Gasteiger partial charge < -0.3 is 0 Å². The van der Waals surface area contributed by atoms with Crippen LogP contribution in [0.2, 0.25) is 0 Å². The van der Waals surface area contributed by atoms with E-state index < -0.39 is 0 Å². The first-order chi connectivity index (χ1) is 11.7. The molecule has 0 unspecified atom stereocenters. The Kier molecular flexibility index (Phi) is 4.21. The van der Waals surface area contributed by atoms with Gasteiger partial charge in [-0.1, -0.05) is 62.4 Å². The van der Waals surface area contributed by atoms with Crippen molar-refractivity contribution in [3.8, 4) is 22.3 Å². The molecule has 1 heteroatoms. The summed E-state index contributed by atoms with van der Waals surface area (Å²) in [6, 6.07) is 20.3. The first-order valence-corrected chi connectivity index (χ1v) is 9.83. The van der Waals surface area contributed by atoms with Crippen LogP contribution in [-0.4, -0.2) is 0 Å². The summed E-state index contributed by atoms with van der Waals surface area (Å²) in [6.07, 6.45) is 3.24. The van der Waals surface area contributed by atoms with Crippen LogP contribution < -0.4 is 0 Å². The maximum absolute atomic E-state index is 2.51. The van der Waals surface area contributed by atoms with Crippen molar-refractivity contribution in [3.63, 3.8) is 0 Å². The van der Waals surface area contributed by atoms with Crippen LogP contribution in [0, 0.1) is 3.57 Å². The largest absolute Gasteiger partial charge is 0.0619 e. The van der Waals surface area contributed by atoms with E-state index in [9.17, 15) is 0 Å². The van der Waals surface area contributed by atoms with Gasteiger partial charge in [0.15, 0.2) is 0 Å². The van der Waals surface area contributed by atoms with Crippen LogP contribution in [0.1, 0.15) is 36.1 Å². The van der Waals surface area contributed by atoms with Crippen molar-refractivity contribution in [2.24, 2.45) is 0 Å². The molecule has 0 radical (unpaired) electrons. The molecule has 0 aromatic heterocycles. The average molecular weight is 424 g/mol. The summed E-state index contributed by atoms with van der Waals surface area (Å²) >= 11 is 2.51. The van der Waals surface area contributed by atoms with E-state index in [1.54, 1.807) is 0 Å². The van der Waals surface area contributed by atoms with Gasteiger partial charge in [-0.15, -0.1) is 0 Å². The Morgan fingerprint density at radius 2 is 1.54 bits per heavy atom. The molecule has 0 aliphatic heterocycles. The van der Waals surface area contributed by atoms with Crippen molar-refractivity contribution in [1.82, 2.24) is 0 Å². The van der Waals surface area contributed by atoms with Crippen molar-refractivity contribution in [1.29, 1.82) is 0 Å². The van der Waals surface area contributed by atoms with Gasteiger partial charge in [0.1, 0.15) is 0 Å². The highest BCUT2D eigenvalue weighted by atomic mass is 127. The molecule has 0 spiro atoms. The molecule has 0 fully saturated rings. The number of hydrogen-bond acceptors (Lipinski definition) is 0. The number of rotatable bonds is 3. The molecular formula is C23H21I. The lowest BCUT2D eigenvalue weighted by Gasteiger charge is -2.18. The lowest BCUT2D eigenvalue weighted by atomic mass is 9.89. The van der Waals surface area contributed by atoms with Crippen LogP contribution >= 0.6 is 22.6 Å². The summed E-state index contributed by atoms with van der Waals surface area (Å²) in [5.41, 5.74) is 11.7. The molecule has 0 saturated heterocycles. The normalized spacial score (nSPS) is 12.1. The highest BCUT2D eigenvalue weighted by Gasteiger charge is 2.23. The lowest BCUT2D eigenvalue weighted by molar-refractivity contribution is 1.04. The van der Waals surface area contributed by atoms with Gasteiger partial charge in [-0.3, -0.25) is 0 Å². The van der Waals surface area contributed by atoms with Crippen LogP contribution in [0.4, 0.5) is 0 Å². The van der Waals surface area contributed by atoms with Crippen molar-refractivity contribution >= 4 is 22.6 Å². The van der Waals surface area contributed by atoms with E-state index in [1.165, 1.54) is 48.1 Å². The maximum Gasteiger partial charge on any atom is 0.0211 e. The maximum atomic E-state index is 2.51. The summed E-state index contributed by atoms with van der Waals surface area (Å²) in [7, 11) is 0. The minimum Gasteiger partial charge on any atom is -0.0619 e. The fourth-order valence-electron chi connectivity index (χ4n) is 4.08. The molecule has 0 saturated carbocycles. The number of benzene rings is 3. The Morgan fingerprint density at radius 3 is 2.33 bits per heavy atom. The van der Waals surface area contributed by atoms with Crippen LogP contribution in [0.3, 0.4) is 0 Å². The Hall–Kier alpha value is -1.61. The second-order valence-corrected chi connectivity index (χ2v) is 7.59. The molecule has 0 N–H and O–H groups in total. The summed E-state index contributed by atoms with van der Waals surface area (Å²) in [4.78, 5) is 0. The van der Waals surface area contributed by atoms with E-state index in [1.807, 2.05) is 0 Å². The lowest BCUT2D eigenvalue weighted by Crippen LogP contribution is -2.00. The van der Waals surface area contributed by atoms with E-state index in [-0.39, 0.29) is 0 Å². The van der Waals surface area contributed by atoms with Crippen LogP contribution in [-0.2, 0) is 19.3 Å². The molecule has 3 aromatic rings. The van der Waals surface area contributed by atoms with Gasteiger partial charge in [0.2, 0.25) is 0 Å². The topological polar surface area (TPSA) is 0 Å². The Morgan fingerprint density at radius 1 is 0.792 bits per heavy atom. The molecule has 24 heavy (non-hydrogen) atoms. The third-order valence-corrected chi connectivity index (χ3v) is 6.11. The Labute approximate surface area is 158 Å². The van der Waals surface area contributed by atoms with Gasteiger partial charge in [0.25, 0.3) is 0 Å². The number of hydrogen-bond donors (Lipinski definition) is 0. The predicted molar refractivity (Wildman–Crippen MR) is 112 cm³/mol. The number of halogens is 1. The molecule has 1 aliphatic carbocycles. The summed E-state index contributed by atoms with van der Waals surface area (Å²) < 4.78 is 1.37. The van der Waals surface area contributed by atoms with Crippen LogP contribution in [0.25, 0.3) is 22.3 Å². The van der Waals surface area contributed by atoms with E-state index in [0.717, 1.165) is 19.3 Å². The molecule has 1 aliphatic rings. The van der Waals surface area contributed by atoms with E-state index >= 15 is 0 Å². The third kappa shape index (κ3) is 2.41. The van der Waals surface area contributed by atoms with Crippen LogP contribution in [0.15, 0.2) is 54.6 Å². The van der Waals surface area contributed by atoms with Gasteiger partial charge in [-0.05, 0) is 92.4 Å². The minimum absolute atomic E-state index is 1.05. The zero-order valence-corrected chi connectivity index (χ0v) is 16.4. The quantitative estimate of drug-likeness (QED) is 0.323. The SMILES string of the molecule is CCc1ccc(I)c(-c2cccc3c2Cc2ccccc2-3)c1CC. The highest BCUT2D eigenvalue weighted by molar-refractivity contribution is 14.1. The molecule has 0 amide bonds. The molecular weight excluding hydrogens is 403 g/mol. The fourth-order valence-corrected chi connectivity index (χ4v) is 4.88. The summed E-state index contributed by atoms with van der Waals surface area (Å²) in [5, 5.41) is 0. The Balaban J connectivity index is 1.98. The van der Waals surface area contributed by atoms with Gasteiger partial charge in [0, 0.05) is 3.57 Å². The molecule has 0 atom stereocenters. The van der Waals surface area contributed by atoms with E-state index in [2.05, 4.69) is 91.0 Å². The zero-order chi connectivity index (χ0) is 16.7. The zero-order valence-electron chi connectivity index (χ0n) is 14.2. The van der Waals surface area contributed by atoms with E-state index in [4.69, 9.17) is 0 Å². The minimum atomic E-state index is 1.05. The monoisotopic (exact) mass is 424 g/mol. The molecule has 3 aromatic carbocycles. The van der Waals surface area contributed by atoms with Gasteiger partial charge in [0.05, 0.1) is 0 Å². The molecule has 120 valence electrons. The van der Waals surface area contributed by atoms with Crippen molar-refractivity contribution < 1.29 is 0 Å². The van der Waals surface area contributed by atoms with Gasteiger partial charge in [-0.25, -0.2) is 0 Å². The molecule has 4 rings (SSSR count).